The van der Waals surface area contributed by atoms with Crippen molar-refractivity contribution in [2.45, 2.75) is 37.8 Å². The predicted molar refractivity (Wildman–Crippen MR) is 81.6 cm³/mol. The first kappa shape index (κ1) is 15.2. The van der Waals surface area contributed by atoms with E-state index in [1.165, 1.54) is 0 Å². The Morgan fingerprint density at radius 2 is 1.95 bits per heavy atom. The van der Waals surface area contributed by atoms with Gasteiger partial charge in [0.1, 0.15) is 0 Å². The zero-order chi connectivity index (χ0) is 14.6. The maximum atomic E-state index is 9.87. The summed E-state index contributed by atoms with van der Waals surface area (Å²) in [6.45, 7) is 4.46. The third-order valence-corrected chi connectivity index (χ3v) is 4.44. The van der Waals surface area contributed by atoms with E-state index in [0.717, 1.165) is 12.0 Å². The highest BCUT2D eigenvalue weighted by molar-refractivity contribution is 5.26. The summed E-state index contributed by atoms with van der Waals surface area (Å²) in [7, 11) is 0. The van der Waals surface area contributed by atoms with Gasteiger partial charge in [-0.3, -0.25) is 0 Å². The van der Waals surface area contributed by atoms with E-state index in [2.05, 4.69) is 36.5 Å². The lowest BCUT2D eigenvalue weighted by molar-refractivity contribution is 0.146. The van der Waals surface area contributed by atoms with Gasteiger partial charge in [-0.05, 0) is 24.8 Å². The van der Waals surface area contributed by atoms with Gasteiger partial charge in [-0.25, -0.2) is 0 Å². The SMILES string of the molecule is CC(CO)C1C=CCC(C)(C(CO)c2ccccc2)N1. The summed E-state index contributed by atoms with van der Waals surface area (Å²) in [5.41, 5.74) is 0.953. The first-order chi connectivity index (χ1) is 9.60. The predicted octanol–water partition coefficient (Wildman–Crippen LogP) is 2.07. The van der Waals surface area contributed by atoms with Crippen LogP contribution in [0.25, 0.3) is 0 Å². The van der Waals surface area contributed by atoms with Gasteiger partial charge in [0.25, 0.3) is 0 Å². The number of aliphatic hydroxyl groups excluding tert-OH is 2. The quantitative estimate of drug-likeness (QED) is 0.721. The first-order valence-electron chi connectivity index (χ1n) is 7.31. The third-order valence-electron chi connectivity index (χ3n) is 4.44. The molecule has 0 aliphatic carbocycles. The molecule has 1 aromatic rings. The fourth-order valence-corrected chi connectivity index (χ4v) is 3.00. The molecule has 1 aliphatic rings. The second kappa shape index (κ2) is 6.53. The Morgan fingerprint density at radius 3 is 2.55 bits per heavy atom. The molecule has 3 nitrogen and oxygen atoms in total. The van der Waals surface area contributed by atoms with Gasteiger partial charge >= 0.3 is 0 Å². The molecule has 1 aromatic carbocycles. The zero-order valence-corrected chi connectivity index (χ0v) is 12.3. The second-order valence-corrected chi connectivity index (χ2v) is 6.03. The fraction of sp³-hybridized carbons (Fsp3) is 0.529. The molecular formula is C17H25NO2. The van der Waals surface area contributed by atoms with Crippen LogP contribution < -0.4 is 5.32 Å². The van der Waals surface area contributed by atoms with Gasteiger partial charge in [0.2, 0.25) is 0 Å². The van der Waals surface area contributed by atoms with Crippen molar-refractivity contribution >= 4 is 0 Å². The van der Waals surface area contributed by atoms with Crippen LogP contribution in [0.1, 0.15) is 31.7 Å². The van der Waals surface area contributed by atoms with E-state index in [1.807, 2.05) is 25.1 Å². The number of nitrogens with one attached hydrogen (secondary N) is 1. The van der Waals surface area contributed by atoms with Gasteiger partial charge in [0.05, 0.1) is 6.61 Å². The van der Waals surface area contributed by atoms with Crippen molar-refractivity contribution in [1.82, 2.24) is 5.32 Å². The van der Waals surface area contributed by atoms with E-state index in [4.69, 9.17) is 0 Å². The largest absolute Gasteiger partial charge is 0.396 e. The number of aliphatic hydroxyl groups is 2. The lowest BCUT2D eigenvalue weighted by Gasteiger charge is -2.43. The van der Waals surface area contributed by atoms with Crippen LogP contribution in [0.5, 0.6) is 0 Å². The van der Waals surface area contributed by atoms with Crippen LogP contribution in [-0.2, 0) is 0 Å². The number of hydrogen-bond donors (Lipinski definition) is 3. The minimum Gasteiger partial charge on any atom is -0.396 e. The van der Waals surface area contributed by atoms with E-state index in [-0.39, 0.29) is 36.6 Å². The van der Waals surface area contributed by atoms with Crippen LogP contribution in [-0.4, -0.2) is 35.0 Å². The van der Waals surface area contributed by atoms with E-state index >= 15 is 0 Å². The Balaban J connectivity index is 2.23. The molecule has 0 saturated carbocycles. The van der Waals surface area contributed by atoms with Crippen molar-refractivity contribution in [3.8, 4) is 0 Å². The van der Waals surface area contributed by atoms with Crippen LogP contribution >= 0.6 is 0 Å². The van der Waals surface area contributed by atoms with Crippen molar-refractivity contribution in [3.05, 3.63) is 48.0 Å². The van der Waals surface area contributed by atoms with Crippen LogP contribution in [0.4, 0.5) is 0 Å². The number of benzene rings is 1. The molecule has 4 atom stereocenters. The van der Waals surface area contributed by atoms with Crippen LogP contribution in [0, 0.1) is 5.92 Å². The van der Waals surface area contributed by atoms with Crippen LogP contribution in [0.2, 0.25) is 0 Å². The third kappa shape index (κ3) is 3.11. The average Bonchev–Trinajstić information content (AvgIpc) is 2.48. The molecule has 0 aromatic heterocycles. The highest BCUT2D eigenvalue weighted by atomic mass is 16.3. The molecule has 110 valence electrons. The van der Waals surface area contributed by atoms with E-state index in [9.17, 15) is 10.2 Å². The summed E-state index contributed by atoms with van der Waals surface area (Å²) in [5.74, 6) is 0.211. The summed E-state index contributed by atoms with van der Waals surface area (Å²) < 4.78 is 0. The normalized spacial score (nSPS) is 29.1. The second-order valence-electron chi connectivity index (χ2n) is 6.03. The Bertz CT molecular complexity index is 446. The highest BCUT2D eigenvalue weighted by Crippen LogP contribution is 2.34. The van der Waals surface area contributed by atoms with Gasteiger partial charge in [-0.1, -0.05) is 49.4 Å². The minimum absolute atomic E-state index is 0.0436. The summed E-state index contributed by atoms with van der Waals surface area (Å²) in [4.78, 5) is 0. The van der Waals surface area contributed by atoms with Crippen molar-refractivity contribution in [1.29, 1.82) is 0 Å². The van der Waals surface area contributed by atoms with Crippen LogP contribution in [0.15, 0.2) is 42.5 Å². The van der Waals surface area contributed by atoms with E-state index < -0.39 is 0 Å². The summed E-state index contributed by atoms with van der Waals surface area (Å²) >= 11 is 0. The molecule has 3 N–H and O–H groups in total. The maximum absolute atomic E-state index is 9.87. The molecule has 0 amide bonds. The zero-order valence-electron chi connectivity index (χ0n) is 12.3. The van der Waals surface area contributed by atoms with Gasteiger partial charge < -0.3 is 15.5 Å². The monoisotopic (exact) mass is 275 g/mol. The molecule has 3 heteroatoms. The van der Waals surface area contributed by atoms with Crippen LogP contribution in [0.3, 0.4) is 0 Å². The molecule has 20 heavy (non-hydrogen) atoms. The van der Waals surface area contributed by atoms with Crippen molar-refractivity contribution < 1.29 is 10.2 Å². The number of hydrogen-bond acceptors (Lipinski definition) is 3. The highest BCUT2D eigenvalue weighted by Gasteiger charge is 2.38. The van der Waals surface area contributed by atoms with Gasteiger partial charge in [-0.2, -0.15) is 0 Å². The van der Waals surface area contributed by atoms with E-state index in [1.54, 1.807) is 0 Å². The molecular weight excluding hydrogens is 250 g/mol. The molecule has 2 rings (SSSR count). The molecule has 0 radical (unpaired) electrons. The molecule has 0 fully saturated rings. The topological polar surface area (TPSA) is 52.5 Å². The smallest absolute Gasteiger partial charge is 0.0517 e. The Hall–Kier alpha value is -1.16. The van der Waals surface area contributed by atoms with Crippen molar-refractivity contribution in [2.75, 3.05) is 13.2 Å². The molecule has 0 saturated heterocycles. The summed E-state index contributed by atoms with van der Waals surface area (Å²) in [6.07, 6.45) is 5.17. The molecule has 1 aliphatic heterocycles. The van der Waals surface area contributed by atoms with Gasteiger partial charge in [0.15, 0.2) is 0 Å². The van der Waals surface area contributed by atoms with Gasteiger partial charge in [-0.15, -0.1) is 0 Å². The molecule has 4 unspecified atom stereocenters. The lowest BCUT2D eigenvalue weighted by Crippen LogP contribution is -2.56. The minimum atomic E-state index is -0.195. The van der Waals surface area contributed by atoms with E-state index in [0.29, 0.717) is 0 Å². The Kier molecular flexibility index (Phi) is 4.97. The van der Waals surface area contributed by atoms with Crippen molar-refractivity contribution in [2.24, 2.45) is 5.92 Å². The summed E-state index contributed by atoms with van der Waals surface area (Å²) in [6, 6.07) is 10.3. The molecule has 1 heterocycles. The Labute approximate surface area is 121 Å². The fourth-order valence-electron chi connectivity index (χ4n) is 3.00. The van der Waals surface area contributed by atoms with Crippen molar-refractivity contribution in [3.63, 3.8) is 0 Å². The lowest BCUT2D eigenvalue weighted by atomic mass is 9.75. The number of rotatable bonds is 5. The first-order valence-corrected chi connectivity index (χ1v) is 7.31. The molecule has 0 bridgehead atoms. The standard InChI is InChI=1S/C17H25NO2/c1-13(11-19)16-9-6-10-17(2,18-16)15(12-20)14-7-4-3-5-8-14/h3-9,13,15-16,18-20H,10-12H2,1-2H3. The molecule has 0 spiro atoms. The van der Waals surface area contributed by atoms with Gasteiger partial charge in [0, 0.05) is 24.1 Å². The summed E-state index contributed by atoms with van der Waals surface area (Å²) in [5, 5.41) is 22.8. The maximum Gasteiger partial charge on any atom is 0.0517 e. The average molecular weight is 275 g/mol. The Morgan fingerprint density at radius 1 is 1.25 bits per heavy atom.